The molecule has 0 saturated heterocycles. The third-order valence-electron chi connectivity index (χ3n) is 7.13. The minimum atomic E-state index is -0.408. The Morgan fingerprint density at radius 1 is 0.902 bits per heavy atom. The van der Waals surface area contributed by atoms with Gasteiger partial charge < -0.3 is 4.40 Å². The molecular weight excluding hydrogens is 515 g/mol. The molecule has 3 aromatic carbocycles. The highest BCUT2D eigenvalue weighted by atomic mass is 19.1. The van der Waals surface area contributed by atoms with E-state index >= 15 is 0 Å². The number of hydrogen-bond donors (Lipinski definition) is 1. The number of nitrogens with zero attached hydrogens (tertiary/aromatic N) is 3. The van der Waals surface area contributed by atoms with Crippen molar-refractivity contribution in [1.82, 2.24) is 14.8 Å². The number of amides is 1. The number of ketones is 1. The summed E-state index contributed by atoms with van der Waals surface area (Å²) in [5.74, 6) is -1.02. The Bertz CT molecular complexity index is 1970. The van der Waals surface area contributed by atoms with Gasteiger partial charge in [0.05, 0.1) is 34.2 Å². The predicted molar refractivity (Wildman–Crippen MR) is 159 cm³/mol. The Labute approximate surface area is 235 Å². The van der Waals surface area contributed by atoms with Crippen LogP contribution in [-0.2, 0) is 0 Å². The summed E-state index contributed by atoms with van der Waals surface area (Å²) in [4.78, 5) is 31.6. The highest BCUT2D eigenvalue weighted by Gasteiger charge is 2.21. The van der Waals surface area contributed by atoms with Crippen molar-refractivity contribution in [2.24, 2.45) is 5.10 Å². The van der Waals surface area contributed by atoms with Crippen LogP contribution in [0.1, 0.15) is 43.1 Å². The number of carbonyl (C=O) groups excluding carboxylic acids is 2. The van der Waals surface area contributed by atoms with Crippen LogP contribution in [0.4, 0.5) is 4.39 Å². The van der Waals surface area contributed by atoms with Gasteiger partial charge in [-0.3, -0.25) is 9.59 Å². The smallest absolute Gasteiger partial charge is 0.272 e. The number of aryl methyl sites for hydroxylation is 1. The molecule has 3 aromatic heterocycles. The number of nitrogens with one attached hydrogen (secondary N) is 1. The molecule has 0 radical (unpaired) electrons. The van der Waals surface area contributed by atoms with Crippen molar-refractivity contribution >= 4 is 34.3 Å². The third kappa shape index (κ3) is 4.89. The maximum absolute atomic E-state index is 13.5. The topological polar surface area (TPSA) is 75.8 Å². The average molecular weight is 541 g/mol. The molecule has 3 heterocycles. The van der Waals surface area contributed by atoms with Gasteiger partial charge in [-0.15, -0.1) is 0 Å². The molecule has 0 aliphatic heterocycles. The van der Waals surface area contributed by atoms with Crippen LogP contribution in [0.25, 0.3) is 27.7 Å². The summed E-state index contributed by atoms with van der Waals surface area (Å²) in [5.41, 5.74) is 9.52. The van der Waals surface area contributed by atoms with Crippen molar-refractivity contribution in [3.05, 3.63) is 143 Å². The van der Waals surface area contributed by atoms with E-state index in [0.717, 1.165) is 16.6 Å². The van der Waals surface area contributed by atoms with Gasteiger partial charge in [0.1, 0.15) is 5.82 Å². The number of para-hydroxylation sites is 1. The molecule has 0 atom stereocenters. The first-order valence-electron chi connectivity index (χ1n) is 13.1. The molecule has 1 N–H and O–H groups in total. The van der Waals surface area contributed by atoms with E-state index in [9.17, 15) is 14.0 Å². The fraction of sp³-hybridized carbons (Fsp3) is 0.0588. The molecule has 6 rings (SSSR count). The first kappa shape index (κ1) is 25.8. The zero-order chi connectivity index (χ0) is 28.5. The fourth-order valence-electron chi connectivity index (χ4n) is 4.99. The normalized spacial score (nSPS) is 11.4. The van der Waals surface area contributed by atoms with E-state index in [-0.39, 0.29) is 11.7 Å². The first-order valence-corrected chi connectivity index (χ1v) is 13.1. The molecule has 0 fully saturated rings. The van der Waals surface area contributed by atoms with Gasteiger partial charge in [-0.05, 0) is 67.9 Å². The van der Waals surface area contributed by atoms with Crippen molar-refractivity contribution in [1.29, 1.82) is 0 Å². The van der Waals surface area contributed by atoms with Crippen LogP contribution in [0.15, 0.2) is 108 Å². The SMILES string of the molecule is Cc1ccc(-c2cc(C(=O)NN=Cc3c(C)c(C(=O)c4ccc(F)cc4)n4ccccc34)c3ccccc3n2)cc1. The lowest BCUT2D eigenvalue weighted by atomic mass is 10.0. The van der Waals surface area contributed by atoms with Gasteiger partial charge in [0.15, 0.2) is 0 Å². The van der Waals surface area contributed by atoms with E-state index in [4.69, 9.17) is 4.98 Å². The van der Waals surface area contributed by atoms with Gasteiger partial charge in [-0.25, -0.2) is 14.8 Å². The Morgan fingerprint density at radius 2 is 1.63 bits per heavy atom. The van der Waals surface area contributed by atoms with Crippen LogP contribution in [0.5, 0.6) is 0 Å². The van der Waals surface area contributed by atoms with Crippen LogP contribution in [0.3, 0.4) is 0 Å². The Balaban J connectivity index is 1.34. The van der Waals surface area contributed by atoms with Gasteiger partial charge in [0.25, 0.3) is 5.91 Å². The maximum Gasteiger partial charge on any atom is 0.272 e. The van der Waals surface area contributed by atoms with Crippen LogP contribution in [0.2, 0.25) is 0 Å². The number of pyridine rings is 2. The molecule has 6 aromatic rings. The first-order chi connectivity index (χ1) is 19.9. The van der Waals surface area contributed by atoms with Gasteiger partial charge in [0.2, 0.25) is 5.78 Å². The Morgan fingerprint density at radius 3 is 2.41 bits per heavy atom. The van der Waals surface area contributed by atoms with Crippen molar-refractivity contribution in [2.75, 3.05) is 0 Å². The lowest BCUT2D eigenvalue weighted by Crippen LogP contribution is -2.18. The van der Waals surface area contributed by atoms with E-state index in [2.05, 4.69) is 10.5 Å². The number of hydrazone groups is 1. The van der Waals surface area contributed by atoms with Crippen molar-refractivity contribution < 1.29 is 14.0 Å². The molecule has 0 bridgehead atoms. The molecule has 0 aliphatic carbocycles. The monoisotopic (exact) mass is 540 g/mol. The van der Waals surface area contributed by atoms with E-state index in [1.807, 2.05) is 80.6 Å². The largest absolute Gasteiger partial charge is 0.313 e. The number of benzene rings is 3. The van der Waals surface area contributed by atoms with Gasteiger partial charge >= 0.3 is 0 Å². The molecular formula is C34H25FN4O2. The zero-order valence-corrected chi connectivity index (χ0v) is 22.4. The molecule has 200 valence electrons. The van der Waals surface area contributed by atoms with Gasteiger partial charge in [0, 0.05) is 28.3 Å². The number of carbonyl (C=O) groups is 2. The molecule has 41 heavy (non-hydrogen) atoms. The zero-order valence-electron chi connectivity index (χ0n) is 22.4. The summed E-state index contributed by atoms with van der Waals surface area (Å²) < 4.78 is 15.2. The number of aromatic nitrogens is 2. The van der Waals surface area contributed by atoms with Crippen LogP contribution < -0.4 is 5.43 Å². The Hall–Kier alpha value is -5.43. The van der Waals surface area contributed by atoms with Gasteiger partial charge in [-0.2, -0.15) is 5.10 Å². The minimum Gasteiger partial charge on any atom is -0.313 e. The third-order valence-corrected chi connectivity index (χ3v) is 7.13. The second-order valence-electron chi connectivity index (χ2n) is 9.82. The quantitative estimate of drug-likeness (QED) is 0.142. The minimum absolute atomic E-state index is 0.237. The maximum atomic E-state index is 13.5. The summed E-state index contributed by atoms with van der Waals surface area (Å²) in [6.07, 6.45) is 3.35. The van der Waals surface area contributed by atoms with Crippen LogP contribution in [0, 0.1) is 19.7 Å². The molecule has 0 spiro atoms. The second-order valence-corrected chi connectivity index (χ2v) is 9.82. The van der Waals surface area contributed by atoms with Crippen molar-refractivity contribution in [3.63, 3.8) is 0 Å². The number of fused-ring (bicyclic) bond motifs is 2. The van der Waals surface area contributed by atoms with E-state index in [1.165, 1.54) is 24.3 Å². The summed E-state index contributed by atoms with van der Waals surface area (Å²) in [5, 5.41) is 5.00. The Kier molecular flexibility index (Phi) is 6.69. The van der Waals surface area contributed by atoms with Crippen molar-refractivity contribution in [3.8, 4) is 11.3 Å². The van der Waals surface area contributed by atoms with Crippen LogP contribution >= 0.6 is 0 Å². The van der Waals surface area contributed by atoms with Gasteiger partial charge in [-0.1, -0.05) is 54.1 Å². The van der Waals surface area contributed by atoms with E-state index in [0.29, 0.717) is 44.5 Å². The number of rotatable bonds is 6. The van der Waals surface area contributed by atoms with Crippen molar-refractivity contribution in [2.45, 2.75) is 13.8 Å². The summed E-state index contributed by atoms with van der Waals surface area (Å²) in [7, 11) is 0. The lowest BCUT2D eigenvalue weighted by molar-refractivity contribution is 0.0956. The number of hydrogen-bond acceptors (Lipinski definition) is 4. The molecule has 1 amide bonds. The van der Waals surface area contributed by atoms with Crippen LogP contribution in [-0.4, -0.2) is 27.3 Å². The molecule has 0 aliphatic rings. The average Bonchev–Trinajstić information content (AvgIpc) is 3.27. The lowest BCUT2D eigenvalue weighted by Gasteiger charge is -2.09. The highest BCUT2D eigenvalue weighted by molar-refractivity contribution is 6.12. The summed E-state index contributed by atoms with van der Waals surface area (Å²) in [6, 6.07) is 28.3. The predicted octanol–water partition coefficient (Wildman–Crippen LogP) is 6.91. The number of halogens is 1. The molecule has 0 saturated carbocycles. The molecule has 6 nitrogen and oxygen atoms in total. The fourth-order valence-corrected chi connectivity index (χ4v) is 4.99. The standard InChI is InChI=1S/C34H25FN4O2/c1-21-10-12-23(13-11-21)30-19-27(26-7-3-4-8-29(26)37-30)34(41)38-36-20-28-22(2)32(39-18-6-5-9-31(28)39)33(40)24-14-16-25(35)17-15-24/h3-20H,1-2H3,(H,38,41). The van der Waals surface area contributed by atoms with E-state index < -0.39 is 5.82 Å². The summed E-state index contributed by atoms with van der Waals surface area (Å²) >= 11 is 0. The highest BCUT2D eigenvalue weighted by Crippen LogP contribution is 2.26. The summed E-state index contributed by atoms with van der Waals surface area (Å²) in [6.45, 7) is 3.85. The van der Waals surface area contributed by atoms with E-state index in [1.54, 1.807) is 22.9 Å². The molecule has 7 heteroatoms. The second kappa shape index (κ2) is 10.6. The molecule has 0 unspecified atom stereocenters.